The zero-order chi connectivity index (χ0) is 11.8. The van der Waals surface area contributed by atoms with Crippen LogP contribution in [0, 0.1) is 0 Å². The molecule has 1 aliphatic heterocycles. The van der Waals surface area contributed by atoms with Gasteiger partial charge in [0.25, 0.3) is 0 Å². The molecule has 0 saturated heterocycles. The van der Waals surface area contributed by atoms with E-state index in [0.717, 1.165) is 24.2 Å². The van der Waals surface area contributed by atoms with Crippen LogP contribution < -0.4 is 10.6 Å². The molecule has 3 nitrogen and oxygen atoms in total. The van der Waals surface area contributed by atoms with Crippen LogP contribution in [-0.2, 0) is 4.79 Å². The van der Waals surface area contributed by atoms with E-state index in [4.69, 9.17) is 5.73 Å². The summed E-state index contributed by atoms with van der Waals surface area (Å²) in [7, 11) is 0. The fourth-order valence-electron chi connectivity index (χ4n) is 2.75. The molecule has 3 rings (SSSR count). The summed E-state index contributed by atoms with van der Waals surface area (Å²) in [6.45, 7) is 0. The van der Waals surface area contributed by atoms with Gasteiger partial charge in [0.15, 0.2) is 0 Å². The molecule has 0 atom stereocenters. The first-order valence-electron chi connectivity index (χ1n) is 6.10. The Morgan fingerprint density at radius 1 is 1.29 bits per heavy atom. The summed E-state index contributed by atoms with van der Waals surface area (Å²) in [5.74, 6) is 0.799. The van der Waals surface area contributed by atoms with Gasteiger partial charge in [0.05, 0.1) is 11.4 Å². The summed E-state index contributed by atoms with van der Waals surface area (Å²) >= 11 is 1.62. The lowest BCUT2D eigenvalue weighted by atomic mass is 10.1. The Hall–Kier alpha value is -1.16. The molecule has 1 fully saturated rings. The van der Waals surface area contributed by atoms with E-state index in [-0.39, 0.29) is 5.91 Å². The number of amides is 1. The van der Waals surface area contributed by atoms with Gasteiger partial charge in [-0.15, -0.1) is 11.8 Å². The molecule has 17 heavy (non-hydrogen) atoms. The molecule has 2 aliphatic rings. The maximum atomic E-state index is 12.1. The fourth-order valence-corrected chi connectivity index (χ4v) is 3.64. The van der Waals surface area contributed by atoms with Crippen molar-refractivity contribution < 1.29 is 4.79 Å². The normalized spacial score (nSPS) is 20.7. The minimum atomic E-state index is 0.236. The van der Waals surface area contributed by atoms with Gasteiger partial charge in [-0.25, -0.2) is 0 Å². The molecule has 0 bridgehead atoms. The number of benzene rings is 1. The van der Waals surface area contributed by atoms with Crippen LogP contribution >= 0.6 is 11.8 Å². The van der Waals surface area contributed by atoms with Gasteiger partial charge in [0.2, 0.25) is 5.91 Å². The summed E-state index contributed by atoms with van der Waals surface area (Å²) in [6, 6.07) is 6.28. The van der Waals surface area contributed by atoms with Crippen molar-refractivity contribution in [2.45, 2.75) is 36.6 Å². The van der Waals surface area contributed by atoms with Crippen molar-refractivity contribution in [1.82, 2.24) is 0 Å². The van der Waals surface area contributed by atoms with Crippen molar-refractivity contribution in [1.29, 1.82) is 0 Å². The number of hydrogen-bond acceptors (Lipinski definition) is 3. The first kappa shape index (κ1) is 11.0. The highest BCUT2D eigenvalue weighted by Crippen LogP contribution is 2.40. The monoisotopic (exact) mass is 248 g/mol. The van der Waals surface area contributed by atoms with Crippen LogP contribution in [0.3, 0.4) is 0 Å². The Bertz CT molecular complexity index is 455. The molecule has 2 N–H and O–H groups in total. The number of carbonyl (C=O) groups is 1. The molecule has 1 aromatic carbocycles. The molecule has 0 unspecified atom stereocenters. The van der Waals surface area contributed by atoms with Crippen molar-refractivity contribution in [2.75, 3.05) is 16.4 Å². The van der Waals surface area contributed by atoms with Gasteiger partial charge in [0, 0.05) is 16.6 Å². The minimum Gasteiger partial charge on any atom is -0.399 e. The maximum Gasteiger partial charge on any atom is 0.237 e. The molecule has 0 spiro atoms. The molecule has 1 saturated carbocycles. The first-order chi connectivity index (χ1) is 8.25. The Labute approximate surface area is 105 Å². The quantitative estimate of drug-likeness (QED) is 0.777. The first-order valence-corrected chi connectivity index (χ1v) is 7.08. The van der Waals surface area contributed by atoms with Crippen LogP contribution in [-0.4, -0.2) is 17.7 Å². The third-order valence-electron chi connectivity index (χ3n) is 3.55. The summed E-state index contributed by atoms with van der Waals surface area (Å²) < 4.78 is 0. The molecule has 1 aromatic rings. The summed E-state index contributed by atoms with van der Waals surface area (Å²) in [5, 5.41) is 0. The van der Waals surface area contributed by atoms with Crippen LogP contribution in [0.4, 0.5) is 11.4 Å². The van der Waals surface area contributed by atoms with Crippen molar-refractivity contribution in [3.05, 3.63) is 18.2 Å². The number of carbonyl (C=O) groups excluding carboxylic acids is 1. The van der Waals surface area contributed by atoms with Crippen LogP contribution in [0.5, 0.6) is 0 Å². The topological polar surface area (TPSA) is 46.3 Å². The molecule has 1 heterocycles. The van der Waals surface area contributed by atoms with Gasteiger partial charge < -0.3 is 10.6 Å². The second kappa shape index (κ2) is 4.26. The third kappa shape index (κ3) is 1.90. The molecule has 90 valence electrons. The minimum absolute atomic E-state index is 0.236. The predicted octanol–water partition coefficient (Wildman–Crippen LogP) is 2.65. The number of rotatable bonds is 1. The van der Waals surface area contributed by atoms with Crippen molar-refractivity contribution in [2.24, 2.45) is 0 Å². The summed E-state index contributed by atoms with van der Waals surface area (Å²) in [5.41, 5.74) is 7.61. The zero-order valence-electron chi connectivity index (χ0n) is 9.69. The lowest BCUT2D eigenvalue weighted by molar-refractivity contribution is -0.116. The highest BCUT2D eigenvalue weighted by molar-refractivity contribution is 8.00. The van der Waals surface area contributed by atoms with E-state index < -0.39 is 0 Å². The van der Waals surface area contributed by atoms with Gasteiger partial charge in [-0.2, -0.15) is 0 Å². The average Bonchev–Trinajstić information content (AvgIpc) is 2.82. The van der Waals surface area contributed by atoms with E-state index in [0.29, 0.717) is 11.8 Å². The SMILES string of the molecule is Nc1ccc2c(c1)N(C1CCCC1)C(=O)CS2. The van der Waals surface area contributed by atoms with Crippen molar-refractivity contribution in [3.63, 3.8) is 0 Å². The highest BCUT2D eigenvalue weighted by Gasteiger charge is 2.32. The number of nitrogen functional groups attached to an aromatic ring is 1. The van der Waals surface area contributed by atoms with E-state index in [1.54, 1.807) is 11.8 Å². The molecule has 1 aliphatic carbocycles. The van der Waals surface area contributed by atoms with E-state index in [1.165, 1.54) is 17.7 Å². The van der Waals surface area contributed by atoms with Crippen LogP contribution in [0.1, 0.15) is 25.7 Å². The van der Waals surface area contributed by atoms with E-state index in [1.807, 2.05) is 23.1 Å². The molecule has 4 heteroatoms. The van der Waals surface area contributed by atoms with Gasteiger partial charge in [-0.1, -0.05) is 12.8 Å². The number of thioether (sulfide) groups is 1. The van der Waals surface area contributed by atoms with Gasteiger partial charge in [0.1, 0.15) is 0 Å². The van der Waals surface area contributed by atoms with E-state index >= 15 is 0 Å². The predicted molar refractivity (Wildman–Crippen MR) is 71.3 cm³/mol. The smallest absolute Gasteiger partial charge is 0.237 e. The Balaban J connectivity index is 2.02. The number of anilines is 2. The third-order valence-corrected chi connectivity index (χ3v) is 4.60. The zero-order valence-corrected chi connectivity index (χ0v) is 10.5. The van der Waals surface area contributed by atoms with Crippen molar-refractivity contribution >= 4 is 29.0 Å². The molecule has 0 radical (unpaired) electrons. The Kier molecular flexibility index (Phi) is 2.74. The second-order valence-corrected chi connectivity index (χ2v) is 5.74. The summed E-state index contributed by atoms with van der Waals surface area (Å²) in [6.07, 6.45) is 4.73. The Morgan fingerprint density at radius 2 is 2.06 bits per heavy atom. The molecular formula is C13H16N2OS. The molecule has 0 aromatic heterocycles. The number of hydrogen-bond donors (Lipinski definition) is 1. The van der Waals surface area contributed by atoms with E-state index in [9.17, 15) is 4.79 Å². The lowest BCUT2D eigenvalue weighted by Gasteiger charge is -2.34. The summed E-state index contributed by atoms with van der Waals surface area (Å²) in [4.78, 5) is 15.3. The number of fused-ring (bicyclic) bond motifs is 1. The van der Waals surface area contributed by atoms with Gasteiger partial charge in [-0.3, -0.25) is 4.79 Å². The molecule has 1 amide bonds. The van der Waals surface area contributed by atoms with Gasteiger partial charge in [-0.05, 0) is 31.0 Å². The average molecular weight is 248 g/mol. The van der Waals surface area contributed by atoms with E-state index in [2.05, 4.69) is 0 Å². The number of nitrogens with two attached hydrogens (primary N) is 1. The largest absolute Gasteiger partial charge is 0.399 e. The molecular weight excluding hydrogens is 232 g/mol. The fraction of sp³-hybridized carbons (Fsp3) is 0.462. The lowest BCUT2D eigenvalue weighted by Crippen LogP contribution is -2.42. The highest BCUT2D eigenvalue weighted by atomic mass is 32.2. The van der Waals surface area contributed by atoms with Gasteiger partial charge >= 0.3 is 0 Å². The standard InChI is InChI=1S/C13H16N2OS/c14-9-5-6-12-11(7-9)15(13(16)8-17-12)10-3-1-2-4-10/h5-7,10H,1-4,8,14H2. The van der Waals surface area contributed by atoms with Crippen molar-refractivity contribution in [3.8, 4) is 0 Å². The van der Waals surface area contributed by atoms with Crippen LogP contribution in [0.2, 0.25) is 0 Å². The second-order valence-electron chi connectivity index (χ2n) is 4.72. The van der Waals surface area contributed by atoms with Crippen LogP contribution in [0.25, 0.3) is 0 Å². The number of nitrogens with zero attached hydrogens (tertiary/aromatic N) is 1. The van der Waals surface area contributed by atoms with Crippen LogP contribution in [0.15, 0.2) is 23.1 Å². The maximum absolute atomic E-state index is 12.1. The Morgan fingerprint density at radius 3 is 2.82 bits per heavy atom.